The summed E-state index contributed by atoms with van der Waals surface area (Å²) in [5.41, 5.74) is 0.816. The van der Waals surface area contributed by atoms with Gasteiger partial charge in [0.25, 0.3) is 5.91 Å². The zero-order valence-corrected chi connectivity index (χ0v) is 10.5. The fourth-order valence-corrected chi connectivity index (χ4v) is 1.48. The standard InChI is InChI=1S/C13H17FN2O2/c1-3-15-12(17)6-7-16-13(18)10-8-9(2)4-5-11(10)14/h4-5,8H,3,6-7H2,1-2H3,(H,15,17)(H,16,18). The molecule has 18 heavy (non-hydrogen) atoms. The molecule has 1 rings (SSSR count). The number of hydrogen-bond donors (Lipinski definition) is 2. The Hall–Kier alpha value is -1.91. The number of carbonyl (C=O) groups is 2. The summed E-state index contributed by atoms with van der Waals surface area (Å²) in [7, 11) is 0. The van der Waals surface area contributed by atoms with Gasteiger partial charge in [0.1, 0.15) is 5.82 Å². The van der Waals surface area contributed by atoms with E-state index in [0.717, 1.165) is 5.56 Å². The van der Waals surface area contributed by atoms with Gasteiger partial charge in [0, 0.05) is 19.5 Å². The monoisotopic (exact) mass is 252 g/mol. The molecule has 0 spiro atoms. The molecule has 0 aliphatic heterocycles. The normalized spacial score (nSPS) is 9.94. The molecule has 0 atom stereocenters. The molecule has 0 saturated heterocycles. The third-order valence-corrected chi connectivity index (χ3v) is 2.38. The van der Waals surface area contributed by atoms with Crippen LogP contribution in [0.1, 0.15) is 29.3 Å². The van der Waals surface area contributed by atoms with Crippen LogP contribution in [-0.2, 0) is 4.79 Å². The van der Waals surface area contributed by atoms with E-state index in [1.54, 1.807) is 13.0 Å². The highest BCUT2D eigenvalue weighted by Gasteiger charge is 2.11. The van der Waals surface area contributed by atoms with Gasteiger partial charge in [-0.05, 0) is 26.0 Å². The molecule has 0 saturated carbocycles. The second kappa shape index (κ2) is 6.74. The molecule has 98 valence electrons. The summed E-state index contributed by atoms with van der Waals surface area (Å²) in [6.45, 7) is 4.35. The van der Waals surface area contributed by atoms with Gasteiger partial charge in [-0.25, -0.2) is 4.39 Å². The number of benzene rings is 1. The van der Waals surface area contributed by atoms with Crippen LogP contribution in [0.25, 0.3) is 0 Å². The predicted molar refractivity (Wildman–Crippen MR) is 66.8 cm³/mol. The molecule has 2 amide bonds. The van der Waals surface area contributed by atoms with E-state index in [-0.39, 0.29) is 24.4 Å². The van der Waals surface area contributed by atoms with Crippen LogP contribution in [0.4, 0.5) is 4.39 Å². The predicted octanol–water partition coefficient (Wildman–Crippen LogP) is 1.39. The van der Waals surface area contributed by atoms with Crippen molar-refractivity contribution in [1.29, 1.82) is 0 Å². The van der Waals surface area contributed by atoms with Gasteiger partial charge in [0.05, 0.1) is 5.56 Å². The van der Waals surface area contributed by atoms with Gasteiger partial charge in [0.15, 0.2) is 0 Å². The molecule has 0 aliphatic rings. The van der Waals surface area contributed by atoms with E-state index in [1.807, 2.05) is 6.92 Å². The van der Waals surface area contributed by atoms with E-state index < -0.39 is 11.7 Å². The first kappa shape index (κ1) is 14.2. The van der Waals surface area contributed by atoms with Gasteiger partial charge in [-0.1, -0.05) is 11.6 Å². The van der Waals surface area contributed by atoms with Crippen molar-refractivity contribution in [2.24, 2.45) is 0 Å². The number of rotatable bonds is 5. The average Bonchev–Trinajstić information content (AvgIpc) is 2.32. The number of hydrogen-bond acceptors (Lipinski definition) is 2. The summed E-state index contributed by atoms with van der Waals surface area (Å²) in [6, 6.07) is 4.34. The molecular weight excluding hydrogens is 235 g/mol. The Morgan fingerprint density at radius 2 is 2.00 bits per heavy atom. The van der Waals surface area contributed by atoms with Crippen molar-refractivity contribution in [3.63, 3.8) is 0 Å². The largest absolute Gasteiger partial charge is 0.356 e. The fourth-order valence-electron chi connectivity index (χ4n) is 1.48. The van der Waals surface area contributed by atoms with Gasteiger partial charge < -0.3 is 10.6 Å². The molecule has 2 N–H and O–H groups in total. The van der Waals surface area contributed by atoms with Crippen LogP contribution in [0.2, 0.25) is 0 Å². The summed E-state index contributed by atoms with van der Waals surface area (Å²) in [5, 5.41) is 5.13. The lowest BCUT2D eigenvalue weighted by Gasteiger charge is -2.07. The molecule has 1 aromatic carbocycles. The third kappa shape index (κ3) is 4.16. The number of halogens is 1. The Balaban J connectivity index is 2.50. The summed E-state index contributed by atoms with van der Waals surface area (Å²) >= 11 is 0. The number of aryl methyl sites for hydroxylation is 1. The van der Waals surface area contributed by atoms with Crippen molar-refractivity contribution < 1.29 is 14.0 Å². The highest BCUT2D eigenvalue weighted by molar-refractivity contribution is 5.94. The molecule has 0 bridgehead atoms. The Morgan fingerprint density at radius 1 is 1.28 bits per heavy atom. The maximum atomic E-state index is 13.4. The summed E-state index contributed by atoms with van der Waals surface area (Å²) in [5.74, 6) is -1.20. The molecule has 0 aromatic heterocycles. The average molecular weight is 252 g/mol. The fraction of sp³-hybridized carbons (Fsp3) is 0.385. The Bertz CT molecular complexity index is 447. The summed E-state index contributed by atoms with van der Waals surface area (Å²) in [4.78, 5) is 22.8. The highest BCUT2D eigenvalue weighted by atomic mass is 19.1. The second-order valence-corrected chi connectivity index (χ2v) is 3.94. The van der Waals surface area contributed by atoms with Gasteiger partial charge >= 0.3 is 0 Å². The van der Waals surface area contributed by atoms with E-state index >= 15 is 0 Å². The lowest BCUT2D eigenvalue weighted by Crippen LogP contribution is -2.31. The van der Waals surface area contributed by atoms with Crippen LogP contribution in [0.5, 0.6) is 0 Å². The van der Waals surface area contributed by atoms with Crippen molar-refractivity contribution in [2.45, 2.75) is 20.3 Å². The van der Waals surface area contributed by atoms with Crippen LogP contribution in [0.3, 0.4) is 0 Å². The summed E-state index contributed by atoms with van der Waals surface area (Å²) in [6.07, 6.45) is 0.188. The Morgan fingerprint density at radius 3 is 2.67 bits per heavy atom. The molecule has 0 aliphatic carbocycles. The lowest BCUT2D eigenvalue weighted by atomic mass is 10.1. The number of carbonyl (C=O) groups excluding carboxylic acids is 2. The van der Waals surface area contributed by atoms with Crippen molar-refractivity contribution in [3.8, 4) is 0 Å². The van der Waals surface area contributed by atoms with Crippen LogP contribution in [-0.4, -0.2) is 24.9 Å². The van der Waals surface area contributed by atoms with Gasteiger partial charge in [-0.2, -0.15) is 0 Å². The molecule has 4 nitrogen and oxygen atoms in total. The lowest BCUT2D eigenvalue weighted by molar-refractivity contribution is -0.120. The highest BCUT2D eigenvalue weighted by Crippen LogP contribution is 2.09. The Labute approximate surface area is 106 Å². The number of nitrogens with one attached hydrogen (secondary N) is 2. The van der Waals surface area contributed by atoms with Crippen LogP contribution < -0.4 is 10.6 Å². The second-order valence-electron chi connectivity index (χ2n) is 3.94. The molecule has 0 radical (unpaired) electrons. The van der Waals surface area contributed by atoms with E-state index in [4.69, 9.17) is 0 Å². The van der Waals surface area contributed by atoms with Crippen molar-refractivity contribution in [1.82, 2.24) is 10.6 Å². The molecule has 0 unspecified atom stereocenters. The van der Waals surface area contributed by atoms with Crippen molar-refractivity contribution >= 4 is 11.8 Å². The van der Waals surface area contributed by atoms with Gasteiger partial charge in [0.2, 0.25) is 5.91 Å². The first-order valence-corrected chi connectivity index (χ1v) is 5.85. The van der Waals surface area contributed by atoms with Crippen LogP contribution in [0, 0.1) is 12.7 Å². The minimum atomic E-state index is -0.559. The summed E-state index contributed by atoms with van der Waals surface area (Å²) < 4.78 is 13.4. The molecule has 1 aromatic rings. The smallest absolute Gasteiger partial charge is 0.254 e. The Kier molecular flexibility index (Phi) is 5.30. The van der Waals surface area contributed by atoms with Crippen molar-refractivity contribution in [2.75, 3.05) is 13.1 Å². The molecular formula is C13H17FN2O2. The minimum absolute atomic E-state index is 0.00546. The van der Waals surface area contributed by atoms with Crippen LogP contribution in [0.15, 0.2) is 18.2 Å². The minimum Gasteiger partial charge on any atom is -0.356 e. The third-order valence-electron chi connectivity index (χ3n) is 2.38. The molecule has 5 heteroatoms. The van der Waals surface area contributed by atoms with Gasteiger partial charge in [-0.3, -0.25) is 9.59 Å². The topological polar surface area (TPSA) is 58.2 Å². The maximum Gasteiger partial charge on any atom is 0.254 e. The molecule has 0 fully saturated rings. The number of amides is 2. The molecule has 0 heterocycles. The van der Waals surface area contributed by atoms with Crippen LogP contribution >= 0.6 is 0 Å². The van der Waals surface area contributed by atoms with E-state index in [2.05, 4.69) is 10.6 Å². The van der Waals surface area contributed by atoms with E-state index in [1.165, 1.54) is 12.1 Å². The first-order valence-electron chi connectivity index (χ1n) is 5.85. The quantitative estimate of drug-likeness (QED) is 0.832. The van der Waals surface area contributed by atoms with E-state index in [0.29, 0.717) is 6.54 Å². The van der Waals surface area contributed by atoms with Crippen molar-refractivity contribution in [3.05, 3.63) is 35.1 Å². The van der Waals surface area contributed by atoms with E-state index in [9.17, 15) is 14.0 Å². The van der Waals surface area contributed by atoms with Gasteiger partial charge in [-0.15, -0.1) is 0 Å². The zero-order chi connectivity index (χ0) is 13.5. The maximum absolute atomic E-state index is 13.4. The first-order chi connectivity index (χ1) is 8.54. The zero-order valence-electron chi connectivity index (χ0n) is 10.5. The SMILES string of the molecule is CCNC(=O)CCNC(=O)c1cc(C)ccc1F.